The Bertz CT molecular complexity index is 155. The van der Waals surface area contributed by atoms with Gasteiger partial charge in [0.2, 0.25) is 0 Å². The van der Waals surface area contributed by atoms with Crippen LogP contribution in [0.25, 0.3) is 0 Å². The first-order valence-corrected chi connectivity index (χ1v) is 6.01. The Balaban J connectivity index is 3.42. The van der Waals surface area contributed by atoms with Gasteiger partial charge in [-0.3, -0.25) is 4.79 Å². The maximum Gasteiger partial charge on any atom is 0.322 e. The van der Waals surface area contributed by atoms with Crippen molar-refractivity contribution in [2.75, 3.05) is 32.3 Å². The van der Waals surface area contributed by atoms with Crippen LogP contribution in [0.15, 0.2) is 0 Å². The molecule has 0 heterocycles. The number of methoxy groups -OCH3 is 1. The number of rotatable bonds is 8. The highest BCUT2D eigenvalue weighted by molar-refractivity contribution is 7.98. The molecule has 1 atom stereocenters. The van der Waals surface area contributed by atoms with E-state index >= 15 is 0 Å². The van der Waals surface area contributed by atoms with Crippen molar-refractivity contribution in [3.63, 3.8) is 0 Å². The Labute approximate surface area is 89.5 Å². The van der Waals surface area contributed by atoms with Crippen molar-refractivity contribution in [3.8, 4) is 0 Å². The van der Waals surface area contributed by atoms with E-state index in [0.717, 1.165) is 12.2 Å². The Hall–Kier alpha value is -0.260. The molecule has 1 unspecified atom stereocenters. The fourth-order valence-corrected chi connectivity index (χ4v) is 1.34. The van der Waals surface area contributed by atoms with Crippen LogP contribution in [0, 0.1) is 0 Å². The number of hydrogen-bond acceptors (Lipinski definition) is 5. The van der Waals surface area contributed by atoms with Gasteiger partial charge in [-0.25, -0.2) is 0 Å². The molecule has 84 valence electrons. The molecule has 0 saturated carbocycles. The molecule has 14 heavy (non-hydrogen) atoms. The van der Waals surface area contributed by atoms with E-state index in [1.165, 1.54) is 0 Å². The molecular formula is C9H19NO3S. The van der Waals surface area contributed by atoms with Gasteiger partial charge in [0.15, 0.2) is 0 Å². The average molecular weight is 221 g/mol. The number of thioether (sulfide) groups is 1. The minimum Gasteiger partial charge on any atom is -0.464 e. The number of hydrogen-bond donors (Lipinski definition) is 1. The van der Waals surface area contributed by atoms with Crippen LogP contribution in [-0.2, 0) is 14.3 Å². The van der Waals surface area contributed by atoms with Gasteiger partial charge in [-0.05, 0) is 18.4 Å². The molecule has 0 bridgehead atoms. The predicted molar refractivity (Wildman–Crippen MR) is 58.4 cm³/mol. The van der Waals surface area contributed by atoms with E-state index < -0.39 is 6.04 Å². The van der Waals surface area contributed by atoms with Crippen molar-refractivity contribution in [1.82, 2.24) is 0 Å². The molecular weight excluding hydrogens is 202 g/mol. The van der Waals surface area contributed by atoms with E-state index in [1.54, 1.807) is 18.9 Å². The van der Waals surface area contributed by atoms with E-state index in [4.69, 9.17) is 15.2 Å². The van der Waals surface area contributed by atoms with Crippen LogP contribution in [0.2, 0.25) is 0 Å². The first-order valence-electron chi connectivity index (χ1n) is 4.62. The molecule has 0 aromatic carbocycles. The van der Waals surface area contributed by atoms with Crippen LogP contribution in [0.3, 0.4) is 0 Å². The van der Waals surface area contributed by atoms with E-state index in [-0.39, 0.29) is 5.97 Å². The van der Waals surface area contributed by atoms with Gasteiger partial charge in [0.1, 0.15) is 6.04 Å². The van der Waals surface area contributed by atoms with Crippen molar-refractivity contribution < 1.29 is 14.3 Å². The summed E-state index contributed by atoms with van der Waals surface area (Å²) in [5.74, 6) is 0.573. The van der Waals surface area contributed by atoms with Crippen molar-refractivity contribution in [1.29, 1.82) is 0 Å². The number of ether oxygens (including phenoxy) is 2. The number of nitrogens with two attached hydrogens (primary N) is 1. The standard InChI is InChI=1S/C9H19NO3S/c1-12-5-3-6-13-9(11)8(10)4-7-14-2/h8H,3-7,10H2,1-2H3. The summed E-state index contributed by atoms with van der Waals surface area (Å²) in [7, 11) is 1.62. The summed E-state index contributed by atoms with van der Waals surface area (Å²) in [4.78, 5) is 11.2. The van der Waals surface area contributed by atoms with Gasteiger partial charge in [0.25, 0.3) is 0 Å². The third-order valence-corrected chi connectivity index (χ3v) is 2.32. The largest absolute Gasteiger partial charge is 0.464 e. The fraction of sp³-hybridized carbons (Fsp3) is 0.889. The molecule has 0 aromatic rings. The summed E-state index contributed by atoms with van der Waals surface area (Å²) < 4.78 is 9.77. The van der Waals surface area contributed by atoms with Crippen LogP contribution in [0.5, 0.6) is 0 Å². The number of esters is 1. The van der Waals surface area contributed by atoms with Gasteiger partial charge >= 0.3 is 5.97 Å². The van der Waals surface area contributed by atoms with Crippen LogP contribution >= 0.6 is 11.8 Å². The maximum absolute atomic E-state index is 11.2. The molecule has 5 heteroatoms. The first kappa shape index (κ1) is 13.7. The normalized spacial score (nSPS) is 12.5. The molecule has 0 spiro atoms. The zero-order chi connectivity index (χ0) is 10.8. The smallest absolute Gasteiger partial charge is 0.322 e. The molecule has 0 amide bonds. The lowest BCUT2D eigenvalue weighted by molar-refractivity contribution is -0.145. The monoisotopic (exact) mass is 221 g/mol. The third kappa shape index (κ3) is 7.17. The summed E-state index contributed by atoms with van der Waals surface area (Å²) in [6, 6.07) is -0.481. The van der Waals surface area contributed by atoms with Gasteiger partial charge in [-0.2, -0.15) is 11.8 Å². The van der Waals surface area contributed by atoms with Gasteiger partial charge in [0, 0.05) is 20.1 Å². The van der Waals surface area contributed by atoms with E-state index in [9.17, 15) is 4.79 Å². The second-order valence-electron chi connectivity index (χ2n) is 2.90. The van der Waals surface area contributed by atoms with Crippen molar-refractivity contribution in [2.45, 2.75) is 18.9 Å². The van der Waals surface area contributed by atoms with E-state index in [2.05, 4.69) is 0 Å². The highest BCUT2D eigenvalue weighted by atomic mass is 32.2. The molecule has 0 radical (unpaired) electrons. The molecule has 0 aliphatic heterocycles. The molecule has 0 rings (SSSR count). The second-order valence-corrected chi connectivity index (χ2v) is 3.89. The SMILES string of the molecule is COCCCOC(=O)C(N)CCSC. The lowest BCUT2D eigenvalue weighted by Gasteiger charge is -2.10. The Morgan fingerprint density at radius 1 is 1.50 bits per heavy atom. The van der Waals surface area contributed by atoms with Gasteiger partial charge < -0.3 is 15.2 Å². The fourth-order valence-electron chi connectivity index (χ4n) is 0.846. The van der Waals surface area contributed by atoms with Crippen molar-refractivity contribution in [3.05, 3.63) is 0 Å². The Morgan fingerprint density at radius 2 is 2.21 bits per heavy atom. The molecule has 0 aromatic heterocycles. The van der Waals surface area contributed by atoms with E-state index in [0.29, 0.717) is 19.6 Å². The molecule has 0 aliphatic carbocycles. The quantitative estimate of drug-likeness (QED) is 0.481. The summed E-state index contributed by atoms with van der Waals surface area (Å²) in [6.07, 6.45) is 3.37. The summed E-state index contributed by atoms with van der Waals surface area (Å²) in [5.41, 5.74) is 5.60. The Kier molecular flexibility index (Phi) is 9.13. The summed E-state index contributed by atoms with van der Waals surface area (Å²) in [5, 5.41) is 0. The maximum atomic E-state index is 11.2. The average Bonchev–Trinajstić information content (AvgIpc) is 2.20. The van der Waals surface area contributed by atoms with Crippen molar-refractivity contribution >= 4 is 17.7 Å². The first-order chi connectivity index (χ1) is 6.72. The van der Waals surface area contributed by atoms with Gasteiger partial charge in [-0.1, -0.05) is 0 Å². The summed E-state index contributed by atoms with van der Waals surface area (Å²) >= 11 is 1.67. The van der Waals surface area contributed by atoms with Gasteiger partial charge in [0.05, 0.1) is 6.61 Å². The minimum atomic E-state index is -0.481. The topological polar surface area (TPSA) is 61.5 Å². The highest BCUT2D eigenvalue weighted by Crippen LogP contribution is 2.00. The summed E-state index contributed by atoms with van der Waals surface area (Å²) in [6.45, 7) is 0.993. The second kappa shape index (κ2) is 9.30. The number of carbonyl (C=O) groups excluding carboxylic acids is 1. The molecule has 4 nitrogen and oxygen atoms in total. The Morgan fingerprint density at radius 3 is 2.79 bits per heavy atom. The molecule has 0 aliphatic rings. The third-order valence-electron chi connectivity index (χ3n) is 1.67. The van der Waals surface area contributed by atoms with Crippen LogP contribution < -0.4 is 5.73 Å². The van der Waals surface area contributed by atoms with Crippen LogP contribution in [-0.4, -0.2) is 44.3 Å². The lowest BCUT2D eigenvalue weighted by Crippen LogP contribution is -2.33. The van der Waals surface area contributed by atoms with E-state index in [1.807, 2.05) is 6.26 Å². The predicted octanol–water partition coefficient (Wildman–Crippen LogP) is 0.646. The molecule has 0 saturated heterocycles. The van der Waals surface area contributed by atoms with Crippen molar-refractivity contribution in [2.24, 2.45) is 5.73 Å². The minimum absolute atomic E-state index is 0.310. The number of carbonyl (C=O) groups is 1. The van der Waals surface area contributed by atoms with Crippen LogP contribution in [0.1, 0.15) is 12.8 Å². The zero-order valence-corrected chi connectivity index (χ0v) is 9.64. The zero-order valence-electron chi connectivity index (χ0n) is 8.82. The lowest BCUT2D eigenvalue weighted by atomic mass is 10.2. The molecule has 2 N–H and O–H groups in total. The van der Waals surface area contributed by atoms with Crippen LogP contribution in [0.4, 0.5) is 0 Å². The highest BCUT2D eigenvalue weighted by Gasteiger charge is 2.13. The molecule has 0 fully saturated rings. The van der Waals surface area contributed by atoms with Gasteiger partial charge in [-0.15, -0.1) is 0 Å².